The van der Waals surface area contributed by atoms with E-state index in [-0.39, 0.29) is 35.3 Å². The Morgan fingerprint density at radius 3 is 1.33 bits per heavy atom. The van der Waals surface area contributed by atoms with Crippen molar-refractivity contribution in [1.82, 2.24) is 0 Å². The number of rotatable bonds is 4. The molecule has 0 fully saturated rings. The zero-order valence-electron chi connectivity index (χ0n) is 8.44. The second-order valence-electron chi connectivity index (χ2n) is 2.97. The summed E-state index contributed by atoms with van der Waals surface area (Å²) < 4.78 is 0. The van der Waals surface area contributed by atoms with Crippen LogP contribution in [-0.2, 0) is 4.79 Å². The summed E-state index contributed by atoms with van der Waals surface area (Å²) in [6, 6.07) is 0. The molecule has 0 heterocycles. The third-order valence-corrected chi connectivity index (χ3v) is 1.21. The summed E-state index contributed by atoms with van der Waals surface area (Å²) in [5.41, 5.74) is 0. The van der Waals surface area contributed by atoms with E-state index in [0.717, 1.165) is 0 Å². The van der Waals surface area contributed by atoms with Crippen LogP contribution in [0.5, 0.6) is 0 Å². The molecule has 0 saturated carbocycles. The van der Waals surface area contributed by atoms with Crippen molar-refractivity contribution in [1.29, 1.82) is 0 Å². The van der Waals surface area contributed by atoms with Gasteiger partial charge in [-0.3, -0.25) is 0 Å². The second kappa shape index (κ2) is 17.7. The Hall–Kier alpha value is 0.670. The Bertz CT molecular complexity index is 73.9. The number of carbonyl (C=O) groups is 1. The van der Waals surface area contributed by atoms with Crippen LogP contribution in [0.15, 0.2) is 0 Å². The van der Waals surface area contributed by atoms with Gasteiger partial charge in [0.05, 0.1) is 0 Å². The quantitative estimate of drug-likeness (QED) is 0.482. The van der Waals surface area contributed by atoms with Crippen molar-refractivity contribution in [2.45, 2.75) is 59.8 Å². The molecule has 0 radical (unpaired) electrons. The van der Waals surface area contributed by atoms with Gasteiger partial charge in [0.25, 0.3) is 0 Å². The SMILES string of the molecule is CC(C)=O.CCCCCCC.[NaH]. The normalized spacial score (nSPS) is 7.67. The van der Waals surface area contributed by atoms with Crippen LogP contribution >= 0.6 is 0 Å². The topological polar surface area (TPSA) is 17.1 Å². The van der Waals surface area contributed by atoms with E-state index in [1.165, 1.54) is 46.0 Å². The molecular weight excluding hydrogens is 159 g/mol. The monoisotopic (exact) mass is 182 g/mol. The average Bonchev–Trinajstić information content (AvgIpc) is 1.88. The molecule has 0 N–H and O–H groups in total. The summed E-state index contributed by atoms with van der Waals surface area (Å²) in [7, 11) is 0. The fourth-order valence-electron chi connectivity index (χ4n) is 0.677. The molecule has 0 aliphatic carbocycles. The predicted octanol–water partition coefficient (Wildman–Crippen LogP) is 2.92. The Morgan fingerprint density at radius 1 is 0.917 bits per heavy atom. The van der Waals surface area contributed by atoms with Gasteiger partial charge in [0.1, 0.15) is 5.78 Å². The number of hydrogen-bond donors (Lipinski definition) is 0. The molecule has 0 bridgehead atoms. The van der Waals surface area contributed by atoms with Crippen LogP contribution in [0.2, 0.25) is 0 Å². The summed E-state index contributed by atoms with van der Waals surface area (Å²) in [4.78, 5) is 9.44. The van der Waals surface area contributed by atoms with E-state index in [1.54, 1.807) is 0 Å². The molecule has 0 spiro atoms. The molecular formula is C10H23NaO. The maximum absolute atomic E-state index is 9.44. The van der Waals surface area contributed by atoms with E-state index in [4.69, 9.17) is 0 Å². The molecule has 70 valence electrons. The van der Waals surface area contributed by atoms with Gasteiger partial charge in [-0.2, -0.15) is 0 Å². The van der Waals surface area contributed by atoms with Crippen molar-refractivity contribution in [2.24, 2.45) is 0 Å². The first-order chi connectivity index (χ1) is 5.15. The number of unbranched alkanes of at least 4 members (excludes halogenated alkanes) is 4. The molecule has 2 heteroatoms. The molecule has 0 aromatic carbocycles. The molecule has 0 aromatic rings. The van der Waals surface area contributed by atoms with Crippen molar-refractivity contribution in [3.05, 3.63) is 0 Å². The van der Waals surface area contributed by atoms with Gasteiger partial charge in [0, 0.05) is 0 Å². The molecule has 12 heavy (non-hydrogen) atoms. The first-order valence-electron chi connectivity index (χ1n) is 4.62. The molecule has 0 rings (SSSR count). The van der Waals surface area contributed by atoms with Crippen molar-refractivity contribution < 1.29 is 4.79 Å². The van der Waals surface area contributed by atoms with Crippen LogP contribution in [0.25, 0.3) is 0 Å². The van der Waals surface area contributed by atoms with Crippen LogP contribution in [0, 0.1) is 0 Å². The first kappa shape index (κ1) is 18.5. The standard InChI is InChI=1S/C7H16.C3H6O.Na.H/c1-3-5-7-6-4-2;1-3(2)4;;/h3-7H2,1-2H3;1-2H3;;. The van der Waals surface area contributed by atoms with Crippen LogP contribution in [0.3, 0.4) is 0 Å². The van der Waals surface area contributed by atoms with Gasteiger partial charge in [-0.25, -0.2) is 0 Å². The summed E-state index contributed by atoms with van der Waals surface area (Å²) in [6.07, 6.45) is 7.01. The Balaban J connectivity index is -0.000000142. The van der Waals surface area contributed by atoms with E-state index in [0.29, 0.717) is 0 Å². The third-order valence-electron chi connectivity index (χ3n) is 1.21. The van der Waals surface area contributed by atoms with E-state index >= 15 is 0 Å². The summed E-state index contributed by atoms with van der Waals surface area (Å²) in [5, 5.41) is 0. The molecule has 0 saturated heterocycles. The average molecular weight is 182 g/mol. The fourth-order valence-corrected chi connectivity index (χ4v) is 0.677. The Morgan fingerprint density at radius 2 is 1.17 bits per heavy atom. The predicted molar refractivity (Wildman–Crippen MR) is 57.9 cm³/mol. The van der Waals surface area contributed by atoms with E-state index < -0.39 is 0 Å². The minimum atomic E-state index is 0. The number of carbonyl (C=O) groups excluding carboxylic acids is 1. The van der Waals surface area contributed by atoms with Crippen LogP contribution in [-0.4, -0.2) is 35.3 Å². The van der Waals surface area contributed by atoms with E-state index in [9.17, 15) is 4.79 Å². The molecule has 0 aromatic heterocycles. The van der Waals surface area contributed by atoms with Gasteiger partial charge in [-0.05, 0) is 13.8 Å². The zero-order valence-corrected chi connectivity index (χ0v) is 8.44. The Labute approximate surface area is 99.6 Å². The zero-order chi connectivity index (χ0) is 9.11. The third kappa shape index (κ3) is 45.7. The van der Waals surface area contributed by atoms with Gasteiger partial charge in [0.15, 0.2) is 0 Å². The van der Waals surface area contributed by atoms with Crippen LogP contribution in [0.4, 0.5) is 0 Å². The summed E-state index contributed by atoms with van der Waals surface area (Å²) in [6.45, 7) is 7.55. The molecule has 0 amide bonds. The number of hydrogen-bond acceptors (Lipinski definition) is 1. The summed E-state index contributed by atoms with van der Waals surface area (Å²) >= 11 is 0. The maximum atomic E-state index is 9.44. The van der Waals surface area contributed by atoms with Crippen LogP contribution < -0.4 is 0 Å². The molecule has 0 aliphatic heterocycles. The first-order valence-corrected chi connectivity index (χ1v) is 4.62. The second-order valence-corrected chi connectivity index (χ2v) is 2.97. The van der Waals surface area contributed by atoms with Crippen molar-refractivity contribution in [3.63, 3.8) is 0 Å². The number of Topliss-reactive ketones (excluding diaryl/α,β-unsaturated/α-hetero) is 1. The number of ketones is 1. The van der Waals surface area contributed by atoms with E-state index in [2.05, 4.69) is 13.8 Å². The van der Waals surface area contributed by atoms with Crippen molar-refractivity contribution in [2.75, 3.05) is 0 Å². The molecule has 0 aliphatic rings. The van der Waals surface area contributed by atoms with Gasteiger partial charge >= 0.3 is 29.6 Å². The van der Waals surface area contributed by atoms with Crippen molar-refractivity contribution in [3.8, 4) is 0 Å². The summed E-state index contributed by atoms with van der Waals surface area (Å²) in [5.74, 6) is 0.167. The van der Waals surface area contributed by atoms with Gasteiger partial charge in [-0.1, -0.05) is 46.0 Å². The molecule has 0 atom stereocenters. The fraction of sp³-hybridized carbons (Fsp3) is 0.900. The van der Waals surface area contributed by atoms with Crippen LogP contribution in [0.1, 0.15) is 59.8 Å². The molecule has 1 nitrogen and oxygen atoms in total. The van der Waals surface area contributed by atoms with Gasteiger partial charge in [-0.15, -0.1) is 0 Å². The van der Waals surface area contributed by atoms with E-state index in [1.807, 2.05) is 0 Å². The molecule has 0 unspecified atom stereocenters. The Kier molecular flexibility index (Phi) is 27.2. The van der Waals surface area contributed by atoms with Crippen molar-refractivity contribution >= 4 is 35.3 Å². The van der Waals surface area contributed by atoms with Gasteiger partial charge in [0.2, 0.25) is 0 Å². The minimum absolute atomic E-state index is 0. The van der Waals surface area contributed by atoms with Gasteiger partial charge < -0.3 is 4.79 Å².